The molecule has 1 saturated heterocycles. The lowest BCUT2D eigenvalue weighted by atomic mass is 9.95. The molecule has 1 amide bonds. The molecule has 0 saturated carbocycles. The van der Waals surface area contributed by atoms with Crippen molar-refractivity contribution in [2.45, 2.75) is 12.5 Å². The number of ketones is 1. The summed E-state index contributed by atoms with van der Waals surface area (Å²) in [6, 6.07) is 23.8. The van der Waals surface area contributed by atoms with Crippen LogP contribution in [0, 0.1) is 0 Å². The number of hydrogen-bond donors (Lipinski definition) is 2. The first-order valence-corrected chi connectivity index (χ1v) is 11.1. The number of ether oxygens (including phenoxy) is 1. The van der Waals surface area contributed by atoms with E-state index in [4.69, 9.17) is 4.74 Å². The number of Topliss-reactive ketones (excluding diaryl/α,β-unsaturated/α-hetero) is 1. The molecule has 1 atom stereocenters. The molecule has 3 aromatic carbocycles. The van der Waals surface area contributed by atoms with Crippen molar-refractivity contribution < 1.29 is 19.4 Å². The Balaban J connectivity index is 1.56. The number of aromatic nitrogens is 1. The number of aromatic amines is 1. The van der Waals surface area contributed by atoms with Crippen molar-refractivity contribution in [1.29, 1.82) is 0 Å². The molecule has 0 radical (unpaired) electrons. The molecule has 1 aliphatic heterocycles. The van der Waals surface area contributed by atoms with Gasteiger partial charge in [0.15, 0.2) is 0 Å². The van der Waals surface area contributed by atoms with Gasteiger partial charge in [-0.25, -0.2) is 0 Å². The van der Waals surface area contributed by atoms with Gasteiger partial charge in [0.05, 0.1) is 18.7 Å². The molecule has 34 heavy (non-hydrogen) atoms. The number of carbonyl (C=O) groups is 2. The lowest BCUT2D eigenvalue weighted by Crippen LogP contribution is -2.31. The number of hydrogen-bond acceptors (Lipinski definition) is 4. The van der Waals surface area contributed by atoms with Crippen LogP contribution in [-0.2, 0) is 16.0 Å². The standard InChI is InChI=1S/C28H24N2O4/c1-34-20-13-11-18(12-14-20)15-16-30-25(19-7-3-2-4-8-19)24(27(32)28(30)33)26(31)22-17-29-23-10-6-5-9-21(22)23/h2-14,17,25,29,31H,15-16H2,1H3/b26-24-. The highest BCUT2D eigenvalue weighted by molar-refractivity contribution is 6.46. The van der Waals surface area contributed by atoms with Crippen molar-refractivity contribution in [2.75, 3.05) is 13.7 Å². The van der Waals surface area contributed by atoms with Crippen LogP contribution in [-0.4, -0.2) is 40.3 Å². The van der Waals surface area contributed by atoms with Crippen LogP contribution in [0.4, 0.5) is 0 Å². The van der Waals surface area contributed by atoms with Crippen LogP contribution < -0.4 is 4.74 Å². The van der Waals surface area contributed by atoms with Gasteiger partial charge in [-0.15, -0.1) is 0 Å². The van der Waals surface area contributed by atoms with Crippen molar-refractivity contribution >= 4 is 28.4 Å². The Morgan fingerprint density at radius 3 is 2.41 bits per heavy atom. The van der Waals surface area contributed by atoms with Crippen LogP contribution in [0.5, 0.6) is 5.75 Å². The average Bonchev–Trinajstić information content (AvgIpc) is 3.42. The summed E-state index contributed by atoms with van der Waals surface area (Å²) in [6.45, 7) is 0.334. The fourth-order valence-electron chi connectivity index (χ4n) is 4.55. The topological polar surface area (TPSA) is 82.6 Å². The maximum Gasteiger partial charge on any atom is 0.295 e. The molecule has 1 fully saturated rings. The molecule has 170 valence electrons. The first-order chi connectivity index (χ1) is 16.6. The summed E-state index contributed by atoms with van der Waals surface area (Å²) in [6.07, 6.45) is 2.24. The zero-order valence-electron chi connectivity index (χ0n) is 18.7. The minimum absolute atomic E-state index is 0.107. The van der Waals surface area contributed by atoms with Crippen LogP contribution in [0.2, 0.25) is 0 Å². The number of aliphatic hydroxyl groups is 1. The number of likely N-dealkylation sites (tertiary alicyclic amines) is 1. The van der Waals surface area contributed by atoms with Gasteiger partial charge in [0.2, 0.25) is 0 Å². The van der Waals surface area contributed by atoms with Crippen LogP contribution in [0.3, 0.4) is 0 Å². The molecular formula is C28H24N2O4. The van der Waals surface area contributed by atoms with Gasteiger partial charge in [-0.3, -0.25) is 9.59 Å². The minimum Gasteiger partial charge on any atom is -0.507 e. The normalized spacial score (nSPS) is 17.4. The summed E-state index contributed by atoms with van der Waals surface area (Å²) in [5.74, 6) is -0.695. The van der Waals surface area contributed by atoms with E-state index in [-0.39, 0.29) is 11.3 Å². The number of carbonyl (C=O) groups excluding carboxylic acids is 2. The molecular weight excluding hydrogens is 428 g/mol. The molecule has 6 heteroatoms. The van der Waals surface area contributed by atoms with Crippen molar-refractivity contribution in [2.24, 2.45) is 0 Å². The third kappa shape index (κ3) is 3.73. The van der Waals surface area contributed by atoms with Crippen molar-refractivity contribution in [3.8, 4) is 5.75 Å². The quantitative estimate of drug-likeness (QED) is 0.249. The predicted octanol–water partition coefficient (Wildman–Crippen LogP) is 4.84. The van der Waals surface area contributed by atoms with E-state index in [9.17, 15) is 14.7 Å². The number of nitrogens with zero attached hydrogens (tertiary/aromatic N) is 1. The van der Waals surface area contributed by atoms with Gasteiger partial charge >= 0.3 is 0 Å². The van der Waals surface area contributed by atoms with E-state index in [0.717, 1.165) is 27.8 Å². The smallest absolute Gasteiger partial charge is 0.295 e. The fraction of sp³-hybridized carbons (Fsp3) is 0.143. The first-order valence-electron chi connectivity index (χ1n) is 11.1. The lowest BCUT2D eigenvalue weighted by Gasteiger charge is -2.25. The van der Waals surface area contributed by atoms with Crippen molar-refractivity contribution in [3.05, 3.63) is 107 Å². The summed E-state index contributed by atoms with van der Waals surface area (Å²) in [5, 5.41) is 12.1. The predicted molar refractivity (Wildman–Crippen MR) is 130 cm³/mol. The monoisotopic (exact) mass is 452 g/mol. The molecule has 0 aliphatic carbocycles. The summed E-state index contributed by atoms with van der Waals surface area (Å²) in [7, 11) is 1.61. The van der Waals surface area contributed by atoms with Gasteiger partial charge in [-0.1, -0.05) is 60.7 Å². The Labute approximate surface area is 197 Å². The Bertz CT molecular complexity index is 1390. The van der Waals surface area contributed by atoms with Crippen LogP contribution in [0.1, 0.15) is 22.7 Å². The van der Waals surface area contributed by atoms with E-state index in [1.54, 1.807) is 18.2 Å². The number of benzene rings is 3. The highest BCUT2D eigenvalue weighted by Crippen LogP contribution is 2.40. The van der Waals surface area contributed by atoms with Gasteiger partial charge in [0.1, 0.15) is 11.5 Å². The number of fused-ring (bicyclic) bond motifs is 1. The Hall–Kier alpha value is -4.32. The zero-order chi connectivity index (χ0) is 23.7. The maximum atomic E-state index is 13.2. The molecule has 1 unspecified atom stereocenters. The number of aliphatic hydroxyl groups excluding tert-OH is 1. The molecule has 5 rings (SSSR count). The molecule has 2 N–H and O–H groups in total. The van der Waals surface area contributed by atoms with Gasteiger partial charge < -0.3 is 19.7 Å². The summed E-state index contributed by atoms with van der Waals surface area (Å²) in [5.41, 5.74) is 3.25. The van der Waals surface area contributed by atoms with Gasteiger partial charge in [0, 0.05) is 29.2 Å². The number of H-pyrrole nitrogens is 1. The molecule has 0 spiro atoms. The molecule has 6 nitrogen and oxygen atoms in total. The van der Waals surface area contributed by atoms with Gasteiger partial charge in [-0.05, 0) is 35.7 Å². The third-order valence-corrected chi connectivity index (χ3v) is 6.30. The van der Waals surface area contributed by atoms with E-state index in [1.807, 2.05) is 78.9 Å². The summed E-state index contributed by atoms with van der Waals surface area (Å²) < 4.78 is 5.21. The number of methoxy groups -OCH3 is 1. The number of nitrogens with one attached hydrogen (secondary N) is 1. The van der Waals surface area contributed by atoms with Crippen LogP contribution in [0.15, 0.2) is 90.6 Å². The number of rotatable bonds is 6. The Kier molecular flexibility index (Phi) is 5.64. The maximum absolute atomic E-state index is 13.2. The number of para-hydroxylation sites is 1. The van der Waals surface area contributed by atoms with Crippen molar-refractivity contribution in [1.82, 2.24) is 9.88 Å². The SMILES string of the molecule is COc1ccc(CCN2C(=O)C(=O)/C(=C(\O)c3c[nH]c4ccccc34)C2c2ccccc2)cc1. The Morgan fingerprint density at radius 1 is 0.971 bits per heavy atom. The minimum atomic E-state index is -0.675. The van der Waals surface area contributed by atoms with Gasteiger partial charge in [0.25, 0.3) is 11.7 Å². The lowest BCUT2D eigenvalue weighted by molar-refractivity contribution is -0.139. The third-order valence-electron chi connectivity index (χ3n) is 6.30. The van der Waals surface area contributed by atoms with E-state index >= 15 is 0 Å². The van der Waals surface area contributed by atoms with Crippen molar-refractivity contribution in [3.63, 3.8) is 0 Å². The fourth-order valence-corrected chi connectivity index (χ4v) is 4.55. The zero-order valence-corrected chi connectivity index (χ0v) is 18.7. The molecule has 4 aromatic rings. The second-order valence-electron chi connectivity index (χ2n) is 8.25. The molecule has 1 aliphatic rings. The summed E-state index contributed by atoms with van der Waals surface area (Å²) >= 11 is 0. The van der Waals surface area contributed by atoms with E-state index < -0.39 is 17.7 Å². The average molecular weight is 453 g/mol. The highest BCUT2D eigenvalue weighted by atomic mass is 16.5. The number of amides is 1. The molecule has 1 aromatic heterocycles. The van der Waals surface area contributed by atoms with E-state index in [1.165, 1.54) is 0 Å². The van der Waals surface area contributed by atoms with Gasteiger partial charge in [-0.2, -0.15) is 0 Å². The highest BCUT2D eigenvalue weighted by Gasteiger charge is 2.46. The first kappa shape index (κ1) is 21.5. The van der Waals surface area contributed by atoms with E-state index in [0.29, 0.717) is 18.5 Å². The second kappa shape index (κ2) is 8.90. The summed E-state index contributed by atoms with van der Waals surface area (Å²) in [4.78, 5) is 31.1. The second-order valence-corrected chi connectivity index (χ2v) is 8.25. The van der Waals surface area contributed by atoms with Crippen LogP contribution >= 0.6 is 0 Å². The molecule has 2 heterocycles. The van der Waals surface area contributed by atoms with E-state index in [2.05, 4.69) is 4.98 Å². The Morgan fingerprint density at radius 2 is 1.68 bits per heavy atom. The largest absolute Gasteiger partial charge is 0.507 e. The molecule has 0 bridgehead atoms. The van der Waals surface area contributed by atoms with Crippen LogP contribution in [0.25, 0.3) is 16.7 Å².